The van der Waals surface area contributed by atoms with E-state index in [1.54, 1.807) is 0 Å². The Bertz CT molecular complexity index is 348. The van der Waals surface area contributed by atoms with Crippen LogP contribution >= 0.6 is 0 Å². The Morgan fingerprint density at radius 3 is 2.94 bits per heavy atom. The van der Waals surface area contributed by atoms with Crippen LogP contribution in [0.3, 0.4) is 0 Å². The van der Waals surface area contributed by atoms with E-state index in [-0.39, 0.29) is 0 Å². The lowest BCUT2D eigenvalue weighted by Crippen LogP contribution is -2.39. The number of rotatable bonds is 4. The first kappa shape index (κ1) is 13.4. The van der Waals surface area contributed by atoms with Crippen molar-refractivity contribution in [2.24, 2.45) is 5.92 Å². The molecule has 1 aliphatic heterocycles. The Morgan fingerprint density at radius 1 is 1.39 bits per heavy atom. The number of anilines is 1. The highest BCUT2D eigenvalue weighted by Crippen LogP contribution is 2.22. The van der Waals surface area contributed by atoms with Crippen LogP contribution in [0.15, 0.2) is 24.3 Å². The summed E-state index contributed by atoms with van der Waals surface area (Å²) >= 11 is 0. The minimum Gasteiger partial charge on any atom is -0.383 e. The van der Waals surface area contributed by atoms with Crippen molar-refractivity contribution in [3.05, 3.63) is 29.8 Å². The van der Waals surface area contributed by atoms with Gasteiger partial charge in [0.15, 0.2) is 0 Å². The van der Waals surface area contributed by atoms with Gasteiger partial charge in [-0.3, -0.25) is 0 Å². The van der Waals surface area contributed by atoms with Gasteiger partial charge in [-0.2, -0.15) is 0 Å². The summed E-state index contributed by atoms with van der Waals surface area (Å²) in [4.78, 5) is 2.53. The van der Waals surface area contributed by atoms with Crippen LogP contribution in [-0.4, -0.2) is 31.1 Å². The average molecular weight is 246 g/mol. The molecule has 1 N–H and O–H groups in total. The molecule has 0 bridgehead atoms. The van der Waals surface area contributed by atoms with Crippen molar-refractivity contribution in [3.8, 4) is 0 Å². The summed E-state index contributed by atoms with van der Waals surface area (Å²) in [6, 6.07) is 9.37. The third kappa shape index (κ3) is 3.26. The van der Waals surface area contributed by atoms with Gasteiger partial charge in [-0.15, -0.1) is 0 Å². The maximum atomic E-state index is 3.61. The summed E-state index contributed by atoms with van der Waals surface area (Å²) in [5, 5.41) is 3.61. The zero-order valence-electron chi connectivity index (χ0n) is 11.9. The van der Waals surface area contributed by atoms with Crippen molar-refractivity contribution in [1.29, 1.82) is 0 Å². The van der Waals surface area contributed by atoms with Gasteiger partial charge in [0, 0.05) is 24.8 Å². The first-order valence-corrected chi connectivity index (χ1v) is 7.22. The van der Waals surface area contributed by atoms with Crippen LogP contribution in [-0.2, 0) is 6.42 Å². The third-order valence-electron chi connectivity index (χ3n) is 4.21. The number of aryl methyl sites for hydroxylation is 1. The molecule has 0 amide bonds. The van der Waals surface area contributed by atoms with Gasteiger partial charge in [0.2, 0.25) is 0 Å². The molecular weight excluding hydrogens is 220 g/mol. The van der Waals surface area contributed by atoms with E-state index in [2.05, 4.69) is 55.4 Å². The third-order valence-corrected chi connectivity index (χ3v) is 4.21. The van der Waals surface area contributed by atoms with Crippen LogP contribution in [0.25, 0.3) is 0 Å². The molecule has 2 atom stereocenters. The van der Waals surface area contributed by atoms with Gasteiger partial charge in [-0.05, 0) is 37.4 Å². The standard InChI is InChI=1S/C16H26N2/c1-4-13(2)12-18(3)15-10-9-14-7-5-6-8-16(14)17-11-15/h5-8,13,15,17H,4,9-12H2,1-3H3. The number of hydrogen-bond acceptors (Lipinski definition) is 2. The van der Waals surface area contributed by atoms with Gasteiger partial charge >= 0.3 is 0 Å². The smallest absolute Gasteiger partial charge is 0.0373 e. The van der Waals surface area contributed by atoms with Crippen LogP contribution in [0.2, 0.25) is 0 Å². The highest BCUT2D eigenvalue weighted by Gasteiger charge is 2.19. The number of benzene rings is 1. The summed E-state index contributed by atoms with van der Waals surface area (Å²) in [5.41, 5.74) is 2.80. The second-order valence-corrected chi connectivity index (χ2v) is 5.68. The van der Waals surface area contributed by atoms with Crippen LogP contribution in [0.5, 0.6) is 0 Å². The van der Waals surface area contributed by atoms with E-state index >= 15 is 0 Å². The molecule has 0 aliphatic carbocycles. The normalized spacial score (nSPS) is 21.0. The molecule has 0 aromatic heterocycles. The van der Waals surface area contributed by atoms with E-state index in [1.807, 2.05) is 0 Å². The van der Waals surface area contributed by atoms with Crippen molar-refractivity contribution in [2.45, 2.75) is 39.2 Å². The number of para-hydroxylation sites is 1. The van der Waals surface area contributed by atoms with Crippen LogP contribution in [0.4, 0.5) is 5.69 Å². The van der Waals surface area contributed by atoms with Gasteiger partial charge < -0.3 is 10.2 Å². The molecule has 1 aliphatic rings. The first-order chi connectivity index (χ1) is 8.70. The zero-order valence-corrected chi connectivity index (χ0v) is 11.9. The molecule has 2 nitrogen and oxygen atoms in total. The molecule has 0 fully saturated rings. The van der Waals surface area contributed by atoms with Crippen molar-refractivity contribution < 1.29 is 0 Å². The molecule has 0 spiro atoms. The summed E-state index contributed by atoms with van der Waals surface area (Å²) in [6.07, 6.45) is 3.72. The topological polar surface area (TPSA) is 15.3 Å². The molecule has 100 valence electrons. The predicted molar refractivity (Wildman–Crippen MR) is 79.1 cm³/mol. The Morgan fingerprint density at radius 2 is 2.17 bits per heavy atom. The lowest BCUT2D eigenvalue weighted by atomic mass is 10.0. The van der Waals surface area contributed by atoms with Crippen molar-refractivity contribution in [2.75, 3.05) is 25.5 Å². The molecule has 18 heavy (non-hydrogen) atoms. The summed E-state index contributed by atoms with van der Waals surface area (Å²) < 4.78 is 0. The van der Waals surface area contributed by atoms with Gasteiger partial charge in [-0.1, -0.05) is 38.5 Å². The summed E-state index contributed by atoms with van der Waals surface area (Å²) in [7, 11) is 2.27. The van der Waals surface area contributed by atoms with E-state index < -0.39 is 0 Å². The van der Waals surface area contributed by atoms with Crippen molar-refractivity contribution >= 4 is 5.69 Å². The van der Waals surface area contributed by atoms with E-state index in [9.17, 15) is 0 Å². The molecule has 0 saturated heterocycles. The van der Waals surface area contributed by atoms with Crippen molar-refractivity contribution in [3.63, 3.8) is 0 Å². The van der Waals surface area contributed by atoms with Crippen LogP contribution < -0.4 is 5.32 Å². The molecule has 2 rings (SSSR count). The Kier molecular flexibility index (Phi) is 4.65. The molecule has 0 saturated carbocycles. The monoisotopic (exact) mass is 246 g/mol. The van der Waals surface area contributed by atoms with Gasteiger partial charge in [0.25, 0.3) is 0 Å². The van der Waals surface area contributed by atoms with Gasteiger partial charge in [-0.25, -0.2) is 0 Å². The van der Waals surface area contributed by atoms with Crippen molar-refractivity contribution in [1.82, 2.24) is 4.90 Å². The van der Waals surface area contributed by atoms with Crippen LogP contribution in [0, 0.1) is 5.92 Å². The number of fused-ring (bicyclic) bond motifs is 1. The van der Waals surface area contributed by atoms with E-state index in [4.69, 9.17) is 0 Å². The quantitative estimate of drug-likeness (QED) is 0.876. The van der Waals surface area contributed by atoms with Gasteiger partial charge in [0.1, 0.15) is 0 Å². The Balaban J connectivity index is 1.95. The minimum atomic E-state index is 0.659. The summed E-state index contributed by atoms with van der Waals surface area (Å²) in [6.45, 7) is 6.90. The Labute approximate surface area is 111 Å². The molecule has 0 radical (unpaired) electrons. The number of nitrogens with one attached hydrogen (secondary N) is 1. The molecular formula is C16H26N2. The maximum Gasteiger partial charge on any atom is 0.0373 e. The number of hydrogen-bond donors (Lipinski definition) is 1. The maximum absolute atomic E-state index is 3.61. The lowest BCUT2D eigenvalue weighted by Gasteiger charge is -2.29. The molecule has 1 aromatic carbocycles. The Hall–Kier alpha value is -1.02. The van der Waals surface area contributed by atoms with E-state index in [0.29, 0.717) is 6.04 Å². The fourth-order valence-corrected chi connectivity index (χ4v) is 2.71. The van der Waals surface area contributed by atoms with E-state index in [1.165, 1.54) is 37.1 Å². The second kappa shape index (κ2) is 6.24. The molecule has 1 aromatic rings. The number of likely N-dealkylation sites (N-methyl/N-ethyl adjacent to an activating group) is 1. The fraction of sp³-hybridized carbons (Fsp3) is 0.625. The van der Waals surface area contributed by atoms with Crippen LogP contribution in [0.1, 0.15) is 32.3 Å². The highest BCUT2D eigenvalue weighted by atomic mass is 15.2. The zero-order chi connectivity index (χ0) is 13.0. The number of nitrogens with zero attached hydrogens (tertiary/aromatic N) is 1. The fourth-order valence-electron chi connectivity index (χ4n) is 2.71. The molecule has 2 heteroatoms. The predicted octanol–water partition coefficient (Wildman–Crippen LogP) is 3.39. The second-order valence-electron chi connectivity index (χ2n) is 5.68. The summed E-state index contributed by atoms with van der Waals surface area (Å²) in [5.74, 6) is 0.792. The lowest BCUT2D eigenvalue weighted by molar-refractivity contribution is 0.209. The molecule has 2 unspecified atom stereocenters. The minimum absolute atomic E-state index is 0.659. The van der Waals surface area contributed by atoms with E-state index in [0.717, 1.165) is 12.5 Å². The van der Waals surface area contributed by atoms with Gasteiger partial charge in [0.05, 0.1) is 0 Å². The largest absolute Gasteiger partial charge is 0.383 e. The SMILES string of the molecule is CCC(C)CN(C)C1CCc2ccccc2NC1. The average Bonchev–Trinajstić information content (AvgIpc) is 2.61. The first-order valence-electron chi connectivity index (χ1n) is 7.22. The molecule has 1 heterocycles. The highest BCUT2D eigenvalue weighted by molar-refractivity contribution is 5.52.